The summed E-state index contributed by atoms with van der Waals surface area (Å²) in [5.74, 6) is -0.436. The molecule has 0 aliphatic heterocycles. The van der Waals surface area contributed by atoms with E-state index in [1.807, 2.05) is 12.3 Å². The number of nitrogen functional groups attached to an aromatic ring is 1. The number of benzene rings is 1. The number of esters is 1. The SMILES string of the molecule is COC(=O)c1c(N)cccc1Cn1cc(Br)cn1. The summed E-state index contributed by atoms with van der Waals surface area (Å²) < 4.78 is 7.34. The van der Waals surface area contributed by atoms with Crippen LogP contribution in [0.1, 0.15) is 15.9 Å². The fourth-order valence-electron chi connectivity index (χ4n) is 1.70. The molecule has 5 nitrogen and oxygen atoms in total. The number of anilines is 1. The van der Waals surface area contributed by atoms with Gasteiger partial charge in [0.05, 0.1) is 29.9 Å². The molecular formula is C12H12BrN3O2. The van der Waals surface area contributed by atoms with Crippen LogP contribution in [0.4, 0.5) is 5.69 Å². The van der Waals surface area contributed by atoms with Gasteiger partial charge in [-0.1, -0.05) is 12.1 Å². The van der Waals surface area contributed by atoms with E-state index in [9.17, 15) is 4.79 Å². The molecule has 0 bridgehead atoms. The molecule has 2 rings (SSSR count). The first-order chi connectivity index (χ1) is 8.61. The van der Waals surface area contributed by atoms with Crippen molar-refractivity contribution < 1.29 is 9.53 Å². The smallest absolute Gasteiger partial charge is 0.340 e. The molecule has 2 N–H and O–H groups in total. The molecule has 18 heavy (non-hydrogen) atoms. The minimum absolute atomic E-state index is 0.395. The Hall–Kier alpha value is -1.82. The minimum Gasteiger partial charge on any atom is -0.465 e. The summed E-state index contributed by atoms with van der Waals surface area (Å²) in [5.41, 5.74) is 7.40. The molecule has 0 amide bonds. The molecule has 0 saturated carbocycles. The lowest BCUT2D eigenvalue weighted by Gasteiger charge is -2.10. The highest BCUT2D eigenvalue weighted by atomic mass is 79.9. The van der Waals surface area contributed by atoms with Crippen molar-refractivity contribution in [2.24, 2.45) is 0 Å². The largest absolute Gasteiger partial charge is 0.465 e. The van der Waals surface area contributed by atoms with Crippen LogP contribution in [0, 0.1) is 0 Å². The van der Waals surface area contributed by atoms with Crippen LogP contribution < -0.4 is 5.73 Å². The highest BCUT2D eigenvalue weighted by Crippen LogP contribution is 2.19. The van der Waals surface area contributed by atoms with Crippen molar-refractivity contribution in [2.75, 3.05) is 12.8 Å². The maximum atomic E-state index is 11.7. The molecule has 6 heteroatoms. The summed E-state index contributed by atoms with van der Waals surface area (Å²) in [6, 6.07) is 5.31. The standard InChI is InChI=1S/C12H12BrN3O2/c1-18-12(17)11-8(3-2-4-10(11)14)6-16-7-9(13)5-15-16/h2-5,7H,6,14H2,1H3. The molecule has 0 atom stereocenters. The number of carbonyl (C=O) groups excluding carboxylic acids is 1. The second-order valence-electron chi connectivity index (χ2n) is 3.73. The molecule has 1 heterocycles. The summed E-state index contributed by atoms with van der Waals surface area (Å²) in [6.45, 7) is 0.459. The molecule has 0 aliphatic carbocycles. The van der Waals surface area contributed by atoms with Gasteiger partial charge in [0, 0.05) is 11.9 Å². The second-order valence-corrected chi connectivity index (χ2v) is 4.64. The zero-order valence-electron chi connectivity index (χ0n) is 9.76. The Bertz CT molecular complexity index is 580. The zero-order valence-corrected chi connectivity index (χ0v) is 11.3. The number of ether oxygens (including phenoxy) is 1. The highest BCUT2D eigenvalue weighted by Gasteiger charge is 2.15. The van der Waals surface area contributed by atoms with Gasteiger partial charge in [0.25, 0.3) is 0 Å². The van der Waals surface area contributed by atoms with E-state index in [4.69, 9.17) is 10.5 Å². The Labute approximate surface area is 113 Å². The highest BCUT2D eigenvalue weighted by molar-refractivity contribution is 9.10. The number of methoxy groups -OCH3 is 1. The Morgan fingerprint density at radius 1 is 1.56 bits per heavy atom. The number of hydrogen-bond donors (Lipinski definition) is 1. The number of halogens is 1. The summed E-state index contributed by atoms with van der Waals surface area (Å²) in [6.07, 6.45) is 3.51. The number of nitrogens with two attached hydrogens (primary N) is 1. The fourth-order valence-corrected chi connectivity index (χ4v) is 2.03. The first kappa shape index (κ1) is 12.6. The van der Waals surface area contributed by atoms with Crippen LogP contribution in [-0.4, -0.2) is 22.9 Å². The molecule has 0 radical (unpaired) electrons. The van der Waals surface area contributed by atoms with Crippen molar-refractivity contribution >= 4 is 27.6 Å². The van der Waals surface area contributed by atoms with Gasteiger partial charge in [-0.15, -0.1) is 0 Å². The van der Waals surface area contributed by atoms with Crippen LogP contribution in [0.25, 0.3) is 0 Å². The first-order valence-electron chi connectivity index (χ1n) is 5.25. The third-order valence-electron chi connectivity index (χ3n) is 2.51. The lowest BCUT2D eigenvalue weighted by molar-refractivity contribution is 0.0600. The Morgan fingerprint density at radius 2 is 2.33 bits per heavy atom. The number of aromatic nitrogens is 2. The van der Waals surface area contributed by atoms with E-state index in [0.717, 1.165) is 10.0 Å². The molecule has 0 unspecified atom stereocenters. The summed E-state index contributed by atoms with van der Waals surface area (Å²) in [4.78, 5) is 11.7. The van der Waals surface area contributed by atoms with E-state index in [0.29, 0.717) is 17.8 Å². The van der Waals surface area contributed by atoms with Gasteiger partial charge in [0.1, 0.15) is 0 Å². The molecular weight excluding hydrogens is 298 g/mol. The van der Waals surface area contributed by atoms with E-state index in [2.05, 4.69) is 21.0 Å². The van der Waals surface area contributed by atoms with Crippen LogP contribution >= 0.6 is 15.9 Å². The number of hydrogen-bond acceptors (Lipinski definition) is 4. The lowest BCUT2D eigenvalue weighted by Crippen LogP contribution is -2.12. The Morgan fingerprint density at radius 3 is 2.94 bits per heavy atom. The fraction of sp³-hybridized carbons (Fsp3) is 0.167. The van der Waals surface area contributed by atoms with Crippen molar-refractivity contribution in [1.29, 1.82) is 0 Å². The molecule has 0 saturated heterocycles. The Kier molecular flexibility index (Phi) is 3.66. The van der Waals surface area contributed by atoms with Gasteiger partial charge in [-0.25, -0.2) is 4.79 Å². The minimum atomic E-state index is -0.436. The van der Waals surface area contributed by atoms with E-state index >= 15 is 0 Å². The van der Waals surface area contributed by atoms with E-state index in [-0.39, 0.29) is 0 Å². The molecule has 0 spiro atoms. The summed E-state index contributed by atoms with van der Waals surface area (Å²) in [5, 5.41) is 4.14. The average molecular weight is 310 g/mol. The predicted molar refractivity (Wildman–Crippen MR) is 71.2 cm³/mol. The van der Waals surface area contributed by atoms with E-state index in [1.165, 1.54) is 7.11 Å². The number of nitrogens with zero attached hydrogens (tertiary/aromatic N) is 2. The van der Waals surface area contributed by atoms with Crippen LogP contribution in [0.3, 0.4) is 0 Å². The molecule has 0 fully saturated rings. The summed E-state index contributed by atoms with van der Waals surface area (Å²) >= 11 is 3.32. The average Bonchev–Trinajstić information content (AvgIpc) is 2.74. The maximum absolute atomic E-state index is 11.7. The third-order valence-corrected chi connectivity index (χ3v) is 2.92. The van der Waals surface area contributed by atoms with Gasteiger partial charge < -0.3 is 10.5 Å². The van der Waals surface area contributed by atoms with Crippen molar-refractivity contribution in [3.63, 3.8) is 0 Å². The second kappa shape index (κ2) is 5.22. The molecule has 0 aliphatic rings. The van der Waals surface area contributed by atoms with Gasteiger partial charge in [-0.2, -0.15) is 5.10 Å². The van der Waals surface area contributed by atoms with E-state index < -0.39 is 5.97 Å². The van der Waals surface area contributed by atoms with Gasteiger partial charge >= 0.3 is 5.97 Å². The monoisotopic (exact) mass is 309 g/mol. The molecule has 1 aromatic carbocycles. The zero-order chi connectivity index (χ0) is 13.1. The number of carbonyl (C=O) groups is 1. The van der Waals surface area contributed by atoms with Crippen LogP contribution in [-0.2, 0) is 11.3 Å². The van der Waals surface area contributed by atoms with Crippen LogP contribution in [0.15, 0.2) is 35.1 Å². The van der Waals surface area contributed by atoms with Gasteiger partial charge in [0.2, 0.25) is 0 Å². The van der Waals surface area contributed by atoms with Crippen molar-refractivity contribution in [3.05, 3.63) is 46.2 Å². The Balaban J connectivity index is 2.38. The maximum Gasteiger partial charge on any atom is 0.340 e. The van der Waals surface area contributed by atoms with Gasteiger partial charge in [-0.3, -0.25) is 4.68 Å². The number of rotatable bonds is 3. The quantitative estimate of drug-likeness (QED) is 0.696. The third kappa shape index (κ3) is 2.53. The van der Waals surface area contributed by atoms with E-state index in [1.54, 1.807) is 23.0 Å². The van der Waals surface area contributed by atoms with Crippen molar-refractivity contribution in [3.8, 4) is 0 Å². The normalized spacial score (nSPS) is 10.3. The summed E-state index contributed by atoms with van der Waals surface area (Å²) in [7, 11) is 1.34. The van der Waals surface area contributed by atoms with Crippen LogP contribution in [0.5, 0.6) is 0 Å². The van der Waals surface area contributed by atoms with Crippen molar-refractivity contribution in [2.45, 2.75) is 6.54 Å². The predicted octanol–water partition coefficient (Wildman–Crippen LogP) is 2.06. The molecule has 94 valence electrons. The topological polar surface area (TPSA) is 70.1 Å². The van der Waals surface area contributed by atoms with Crippen molar-refractivity contribution in [1.82, 2.24) is 9.78 Å². The molecule has 1 aromatic heterocycles. The van der Waals surface area contributed by atoms with Gasteiger partial charge in [0.15, 0.2) is 0 Å². The lowest BCUT2D eigenvalue weighted by atomic mass is 10.1. The molecule has 2 aromatic rings. The van der Waals surface area contributed by atoms with Gasteiger partial charge in [-0.05, 0) is 27.6 Å². The first-order valence-corrected chi connectivity index (χ1v) is 6.04. The van der Waals surface area contributed by atoms with Crippen LogP contribution in [0.2, 0.25) is 0 Å².